The van der Waals surface area contributed by atoms with E-state index in [0.29, 0.717) is 12.5 Å². The van der Waals surface area contributed by atoms with Gasteiger partial charge in [-0.2, -0.15) is 0 Å². The van der Waals surface area contributed by atoms with Crippen LogP contribution >= 0.6 is 0 Å². The van der Waals surface area contributed by atoms with Gasteiger partial charge in [-0.1, -0.05) is 6.08 Å². The summed E-state index contributed by atoms with van der Waals surface area (Å²) in [6.07, 6.45) is 3.68. The Kier molecular flexibility index (Phi) is 7.80. The summed E-state index contributed by atoms with van der Waals surface area (Å²) in [5, 5.41) is 15.5. The Morgan fingerprint density at radius 2 is 2.10 bits per heavy atom. The summed E-state index contributed by atoms with van der Waals surface area (Å²) >= 11 is 0. The molecule has 0 aromatic heterocycles. The van der Waals surface area contributed by atoms with Crippen LogP contribution in [0.3, 0.4) is 0 Å². The zero-order chi connectivity index (χ0) is 15.0. The zero-order valence-electron chi connectivity index (χ0n) is 12.8. The van der Waals surface area contributed by atoms with Crippen molar-refractivity contribution in [3.8, 4) is 0 Å². The van der Waals surface area contributed by atoms with Gasteiger partial charge in [-0.25, -0.2) is 0 Å². The maximum atomic E-state index is 11.7. The highest BCUT2D eigenvalue weighted by atomic mass is 16.3. The zero-order valence-corrected chi connectivity index (χ0v) is 12.8. The lowest BCUT2D eigenvalue weighted by atomic mass is 9.96. The molecule has 0 saturated carbocycles. The fraction of sp³-hybridized carbons (Fsp3) is 0.800. The second kappa shape index (κ2) is 9.10. The SMILES string of the molecule is C=CCNC(=O)C(C)NCC1CCN(CC(C)O)CC1. The van der Waals surface area contributed by atoms with Crippen LogP contribution in [0.4, 0.5) is 0 Å². The number of hydrogen-bond donors (Lipinski definition) is 3. The van der Waals surface area contributed by atoms with Gasteiger partial charge in [-0.15, -0.1) is 6.58 Å². The highest BCUT2D eigenvalue weighted by Crippen LogP contribution is 2.16. The maximum absolute atomic E-state index is 11.7. The second-order valence-corrected chi connectivity index (χ2v) is 5.76. The molecule has 1 aliphatic rings. The van der Waals surface area contributed by atoms with Crippen LogP contribution in [0.5, 0.6) is 0 Å². The standard InChI is InChI=1S/C15H29N3O2/c1-4-7-16-15(20)13(3)17-10-14-5-8-18(9-6-14)11-12(2)19/h4,12-14,17,19H,1,5-11H2,2-3H3,(H,16,20). The number of rotatable bonds is 8. The van der Waals surface area contributed by atoms with Crippen molar-refractivity contribution in [3.63, 3.8) is 0 Å². The van der Waals surface area contributed by atoms with Crippen molar-refractivity contribution in [1.29, 1.82) is 0 Å². The molecule has 1 amide bonds. The molecule has 1 heterocycles. The van der Waals surface area contributed by atoms with E-state index in [1.807, 2.05) is 13.8 Å². The summed E-state index contributed by atoms with van der Waals surface area (Å²) in [6, 6.07) is -0.162. The maximum Gasteiger partial charge on any atom is 0.237 e. The minimum absolute atomic E-state index is 0.0245. The monoisotopic (exact) mass is 283 g/mol. The van der Waals surface area contributed by atoms with Crippen LogP contribution in [0.1, 0.15) is 26.7 Å². The van der Waals surface area contributed by atoms with Crippen LogP contribution in [0.2, 0.25) is 0 Å². The molecular weight excluding hydrogens is 254 g/mol. The van der Waals surface area contributed by atoms with Crippen LogP contribution in [0, 0.1) is 5.92 Å². The first kappa shape index (κ1) is 17.1. The number of aliphatic hydroxyl groups is 1. The summed E-state index contributed by atoms with van der Waals surface area (Å²) in [7, 11) is 0. The molecule has 116 valence electrons. The number of β-amino-alcohol motifs (C(OH)–C–C–N with tert-alkyl or cyclic N) is 1. The number of amides is 1. The third-order valence-corrected chi connectivity index (χ3v) is 3.76. The second-order valence-electron chi connectivity index (χ2n) is 5.76. The predicted octanol–water partition coefficient (Wildman–Crippen LogP) is 0.360. The molecule has 3 N–H and O–H groups in total. The smallest absolute Gasteiger partial charge is 0.237 e. The third-order valence-electron chi connectivity index (χ3n) is 3.76. The van der Waals surface area contributed by atoms with Crippen LogP contribution in [0.15, 0.2) is 12.7 Å². The van der Waals surface area contributed by atoms with Gasteiger partial charge >= 0.3 is 0 Å². The number of carbonyl (C=O) groups is 1. The first-order valence-corrected chi connectivity index (χ1v) is 7.55. The van der Waals surface area contributed by atoms with Crippen molar-refractivity contribution < 1.29 is 9.90 Å². The summed E-state index contributed by atoms with van der Waals surface area (Å²) < 4.78 is 0. The van der Waals surface area contributed by atoms with E-state index < -0.39 is 0 Å². The molecule has 0 aromatic rings. The number of aliphatic hydroxyl groups excluding tert-OH is 1. The Morgan fingerprint density at radius 1 is 1.45 bits per heavy atom. The Balaban J connectivity index is 2.17. The van der Waals surface area contributed by atoms with Crippen LogP contribution in [-0.4, -0.2) is 60.8 Å². The van der Waals surface area contributed by atoms with E-state index in [1.54, 1.807) is 6.08 Å². The van der Waals surface area contributed by atoms with E-state index in [4.69, 9.17) is 0 Å². The third kappa shape index (κ3) is 6.50. The lowest BCUT2D eigenvalue weighted by molar-refractivity contribution is -0.122. The van der Waals surface area contributed by atoms with Gasteiger partial charge in [0.1, 0.15) is 0 Å². The average molecular weight is 283 g/mol. The van der Waals surface area contributed by atoms with E-state index in [2.05, 4.69) is 22.1 Å². The Hall–Kier alpha value is -0.910. The Morgan fingerprint density at radius 3 is 2.65 bits per heavy atom. The lowest BCUT2D eigenvalue weighted by Crippen LogP contribution is -2.46. The number of carbonyl (C=O) groups excluding carboxylic acids is 1. The van der Waals surface area contributed by atoms with Gasteiger partial charge in [-0.05, 0) is 52.2 Å². The van der Waals surface area contributed by atoms with Crippen LogP contribution in [0.25, 0.3) is 0 Å². The van der Waals surface area contributed by atoms with Gasteiger partial charge in [0.25, 0.3) is 0 Å². The lowest BCUT2D eigenvalue weighted by Gasteiger charge is -2.33. The van der Waals surface area contributed by atoms with Gasteiger partial charge < -0.3 is 20.6 Å². The van der Waals surface area contributed by atoms with Gasteiger partial charge in [0, 0.05) is 13.1 Å². The van der Waals surface area contributed by atoms with Crippen LogP contribution in [-0.2, 0) is 4.79 Å². The summed E-state index contributed by atoms with van der Waals surface area (Å²) in [6.45, 7) is 11.5. The molecule has 0 aromatic carbocycles. The van der Waals surface area contributed by atoms with E-state index in [-0.39, 0.29) is 18.1 Å². The topological polar surface area (TPSA) is 64.6 Å². The molecule has 20 heavy (non-hydrogen) atoms. The van der Waals surface area contributed by atoms with Gasteiger partial charge in [-0.3, -0.25) is 4.79 Å². The molecule has 0 bridgehead atoms. The van der Waals surface area contributed by atoms with E-state index in [9.17, 15) is 9.90 Å². The Labute approximate surface area is 122 Å². The van der Waals surface area contributed by atoms with Crippen molar-refractivity contribution in [1.82, 2.24) is 15.5 Å². The number of nitrogens with zero attached hydrogens (tertiary/aromatic N) is 1. The fourth-order valence-electron chi connectivity index (χ4n) is 2.51. The first-order valence-electron chi connectivity index (χ1n) is 7.55. The fourth-order valence-corrected chi connectivity index (χ4v) is 2.51. The van der Waals surface area contributed by atoms with Crippen molar-refractivity contribution in [3.05, 3.63) is 12.7 Å². The molecule has 2 unspecified atom stereocenters. The molecule has 5 nitrogen and oxygen atoms in total. The van der Waals surface area contributed by atoms with Crippen LogP contribution < -0.4 is 10.6 Å². The molecule has 1 rings (SSSR count). The molecule has 0 aliphatic carbocycles. The molecule has 1 fully saturated rings. The molecule has 1 aliphatic heterocycles. The molecular formula is C15H29N3O2. The summed E-state index contributed by atoms with van der Waals surface area (Å²) in [5.74, 6) is 0.645. The van der Waals surface area contributed by atoms with Crippen molar-refractivity contribution >= 4 is 5.91 Å². The number of piperidine rings is 1. The summed E-state index contributed by atoms with van der Waals surface area (Å²) in [4.78, 5) is 14.0. The molecule has 1 saturated heterocycles. The number of likely N-dealkylation sites (tertiary alicyclic amines) is 1. The highest BCUT2D eigenvalue weighted by molar-refractivity contribution is 5.81. The normalized spacial score (nSPS) is 20.4. The quantitative estimate of drug-likeness (QED) is 0.563. The number of nitrogens with one attached hydrogen (secondary N) is 2. The van der Waals surface area contributed by atoms with E-state index in [1.165, 1.54) is 0 Å². The minimum Gasteiger partial charge on any atom is -0.392 e. The summed E-state index contributed by atoms with van der Waals surface area (Å²) in [5.41, 5.74) is 0. The highest BCUT2D eigenvalue weighted by Gasteiger charge is 2.21. The number of hydrogen-bond acceptors (Lipinski definition) is 4. The van der Waals surface area contributed by atoms with Crippen molar-refractivity contribution in [2.24, 2.45) is 5.92 Å². The molecule has 0 spiro atoms. The van der Waals surface area contributed by atoms with Gasteiger partial charge in [0.2, 0.25) is 5.91 Å². The van der Waals surface area contributed by atoms with E-state index >= 15 is 0 Å². The molecule has 0 radical (unpaired) electrons. The van der Waals surface area contributed by atoms with Gasteiger partial charge in [0.15, 0.2) is 0 Å². The molecule has 5 heteroatoms. The van der Waals surface area contributed by atoms with Crippen molar-refractivity contribution in [2.75, 3.05) is 32.7 Å². The van der Waals surface area contributed by atoms with E-state index in [0.717, 1.165) is 39.0 Å². The first-order chi connectivity index (χ1) is 9.52. The minimum atomic E-state index is -0.252. The predicted molar refractivity (Wildman–Crippen MR) is 81.5 cm³/mol. The Bertz CT molecular complexity index is 299. The largest absolute Gasteiger partial charge is 0.392 e. The van der Waals surface area contributed by atoms with Gasteiger partial charge in [0.05, 0.1) is 12.1 Å². The average Bonchev–Trinajstić information content (AvgIpc) is 2.43. The van der Waals surface area contributed by atoms with Crippen molar-refractivity contribution in [2.45, 2.75) is 38.8 Å². The molecule has 2 atom stereocenters.